The van der Waals surface area contributed by atoms with Crippen LogP contribution >= 0.6 is 0 Å². The Morgan fingerprint density at radius 2 is 2.20 bits per heavy atom. The molecule has 1 saturated heterocycles. The van der Waals surface area contributed by atoms with E-state index in [2.05, 4.69) is 9.72 Å². The van der Waals surface area contributed by atoms with Gasteiger partial charge in [-0.2, -0.15) is 0 Å². The minimum atomic E-state index is -3.08. The summed E-state index contributed by atoms with van der Waals surface area (Å²) in [5.41, 5.74) is 5.41. The van der Waals surface area contributed by atoms with Crippen molar-refractivity contribution in [1.82, 2.24) is 9.55 Å². The van der Waals surface area contributed by atoms with Crippen molar-refractivity contribution in [3.05, 3.63) is 11.5 Å². The summed E-state index contributed by atoms with van der Waals surface area (Å²) in [6.07, 6.45) is 1.01. The van der Waals surface area contributed by atoms with Crippen LogP contribution in [0.5, 0.6) is 0 Å². The molecule has 0 bridgehead atoms. The van der Waals surface area contributed by atoms with Crippen molar-refractivity contribution in [3.63, 3.8) is 0 Å². The van der Waals surface area contributed by atoms with Gasteiger partial charge in [0.15, 0.2) is 15.5 Å². The molecule has 2 N–H and O–H groups in total. The molecule has 1 aliphatic rings. The van der Waals surface area contributed by atoms with Crippen molar-refractivity contribution in [2.24, 2.45) is 0 Å². The Morgan fingerprint density at radius 1 is 1.55 bits per heavy atom. The average molecular weight is 301 g/mol. The number of aromatic nitrogens is 2. The zero-order chi connectivity index (χ0) is 15.1. The van der Waals surface area contributed by atoms with Crippen molar-refractivity contribution in [2.45, 2.75) is 32.2 Å². The van der Waals surface area contributed by atoms with E-state index >= 15 is 0 Å². The number of aryl methyl sites for hydroxylation is 1. The van der Waals surface area contributed by atoms with Gasteiger partial charge in [0, 0.05) is 6.42 Å². The number of anilines is 1. The molecule has 0 aliphatic carbocycles. The van der Waals surface area contributed by atoms with Gasteiger partial charge in [0.25, 0.3) is 0 Å². The molecule has 2 rings (SSSR count). The number of carbonyl (C=O) groups is 1. The second-order valence-corrected chi connectivity index (χ2v) is 7.47. The van der Waals surface area contributed by atoms with Gasteiger partial charge >= 0.3 is 5.97 Å². The van der Waals surface area contributed by atoms with Crippen LogP contribution in [0.3, 0.4) is 0 Å². The number of nitrogen functional groups attached to an aromatic ring is 1. The summed E-state index contributed by atoms with van der Waals surface area (Å²) < 4.78 is 29.9. The monoisotopic (exact) mass is 301 g/mol. The fraction of sp³-hybridized carbons (Fsp3) is 0.667. The summed E-state index contributed by atoms with van der Waals surface area (Å²) in [6, 6.07) is 0. The summed E-state index contributed by atoms with van der Waals surface area (Å²) in [7, 11) is -1.82. The molecule has 0 spiro atoms. The summed E-state index contributed by atoms with van der Waals surface area (Å²) in [5, 5.41) is 0. The topological polar surface area (TPSA) is 104 Å². The number of carbonyl (C=O) groups excluding carboxylic acids is 1. The van der Waals surface area contributed by atoms with Crippen molar-refractivity contribution in [1.29, 1.82) is 0 Å². The highest BCUT2D eigenvalue weighted by atomic mass is 32.2. The Hall–Kier alpha value is -1.57. The highest BCUT2D eigenvalue weighted by Gasteiger charge is 2.42. The molecule has 1 unspecified atom stereocenters. The van der Waals surface area contributed by atoms with Crippen LogP contribution in [-0.2, 0) is 26.5 Å². The van der Waals surface area contributed by atoms with E-state index in [-0.39, 0.29) is 23.0 Å². The molecule has 1 aliphatic heterocycles. The van der Waals surface area contributed by atoms with E-state index in [4.69, 9.17) is 5.73 Å². The lowest BCUT2D eigenvalue weighted by atomic mass is 10.0. The molecule has 0 aromatic carbocycles. The molecule has 0 saturated carbocycles. The van der Waals surface area contributed by atoms with E-state index in [1.165, 1.54) is 7.11 Å². The van der Waals surface area contributed by atoms with Crippen molar-refractivity contribution in [2.75, 3.05) is 24.3 Å². The molecule has 0 radical (unpaired) electrons. The molecule has 1 aromatic rings. The number of nitrogens with two attached hydrogens (primary N) is 1. The van der Waals surface area contributed by atoms with Gasteiger partial charge in [-0.3, -0.25) is 0 Å². The number of imidazole rings is 1. The van der Waals surface area contributed by atoms with Crippen molar-refractivity contribution in [3.8, 4) is 0 Å². The zero-order valence-electron chi connectivity index (χ0n) is 11.8. The largest absolute Gasteiger partial charge is 0.464 e. The Morgan fingerprint density at radius 3 is 2.65 bits per heavy atom. The molecule has 1 atom stereocenters. The first-order chi connectivity index (χ1) is 9.24. The van der Waals surface area contributed by atoms with Gasteiger partial charge in [0.2, 0.25) is 0 Å². The fourth-order valence-electron chi connectivity index (χ4n) is 2.74. The molecular weight excluding hydrogens is 282 g/mol. The van der Waals surface area contributed by atoms with Crippen LogP contribution in [-0.4, -0.2) is 42.6 Å². The molecule has 1 aromatic heterocycles. The molecule has 1 fully saturated rings. The molecular formula is C12H19N3O4S. The highest BCUT2D eigenvalue weighted by molar-refractivity contribution is 7.91. The number of methoxy groups -OCH3 is 1. The molecule has 0 amide bonds. The standard InChI is InChI=1S/C12H19N3O4S/c1-4-8-14-9(11(16)19-3)10(13)15(8)12(2)5-6-20(17,18)7-12/h4-7,13H2,1-3H3. The minimum Gasteiger partial charge on any atom is -0.464 e. The van der Waals surface area contributed by atoms with Crippen LogP contribution in [0, 0.1) is 0 Å². The third-order valence-corrected chi connectivity index (χ3v) is 5.59. The maximum absolute atomic E-state index is 11.8. The molecule has 2 heterocycles. The number of rotatable bonds is 3. The molecule has 7 nitrogen and oxygen atoms in total. The van der Waals surface area contributed by atoms with Gasteiger partial charge in [-0.15, -0.1) is 0 Å². The van der Waals surface area contributed by atoms with E-state index in [1.54, 1.807) is 4.57 Å². The smallest absolute Gasteiger partial charge is 0.360 e. The lowest BCUT2D eigenvalue weighted by Crippen LogP contribution is -2.34. The van der Waals surface area contributed by atoms with E-state index < -0.39 is 21.3 Å². The Labute approximate surface area is 118 Å². The number of hydrogen-bond acceptors (Lipinski definition) is 6. The van der Waals surface area contributed by atoms with Crippen LogP contribution in [0.4, 0.5) is 5.82 Å². The van der Waals surface area contributed by atoms with E-state index in [1.807, 2.05) is 13.8 Å². The quantitative estimate of drug-likeness (QED) is 0.808. The summed E-state index contributed by atoms with van der Waals surface area (Å²) >= 11 is 0. The van der Waals surface area contributed by atoms with Crippen LogP contribution < -0.4 is 5.73 Å². The van der Waals surface area contributed by atoms with Gasteiger partial charge in [-0.1, -0.05) is 6.92 Å². The van der Waals surface area contributed by atoms with Gasteiger partial charge in [-0.25, -0.2) is 18.2 Å². The van der Waals surface area contributed by atoms with E-state index in [0.29, 0.717) is 18.7 Å². The Kier molecular flexibility index (Phi) is 3.53. The summed E-state index contributed by atoms with van der Waals surface area (Å²) in [5.74, 6) is 0.294. The second-order valence-electron chi connectivity index (χ2n) is 5.28. The van der Waals surface area contributed by atoms with Crippen LogP contribution in [0.15, 0.2) is 0 Å². The number of hydrogen-bond donors (Lipinski definition) is 1. The van der Waals surface area contributed by atoms with Gasteiger partial charge < -0.3 is 15.0 Å². The SMILES string of the molecule is CCc1nc(C(=O)OC)c(N)n1C1(C)CCS(=O)(=O)C1. The minimum absolute atomic E-state index is 0.00811. The molecule has 112 valence electrons. The first-order valence-corrected chi connectivity index (χ1v) is 8.22. The van der Waals surface area contributed by atoms with Crippen molar-refractivity contribution >= 4 is 21.6 Å². The van der Waals surface area contributed by atoms with Crippen LogP contribution in [0.2, 0.25) is 0 Å². The van der Waals surface area contributed by atoms with Gasteiger partial charge in [-0.05, 0) is 13.3 Å². The number of sulfone groups is 1. The first-order valence-electron chi connectivity index (χ1n) is 6.40. The predicted molar refractivity (Wildman–Crippen MR) is 74.3 cm³/mol. The molecule has 20 heavy (non-hydrogen) atoms. The summed E-state index contributed by atoms with van der Waals surface area (Å²) in [4.78, 5) is 15.9. The molecule has 8 heteroatoms. The van der Waals surface area contributed by atoms with Gasteiger partial charge in [0.05, 0.1) is 24.2 Å². The zero-order valence-corrected chi connectivity index (χ0v) is 12.7. The number of esters is 1. The lowest BCUT2D eigenvalue weighted by molar-refractivity contribution is 0.0595. The van der Waals surface area contributed by atoms with E-state index in [9.17, 15) is 13.2 Å². The maximum atomic E-state index is 11.8. The Balaban J connectivity index is 2.57. The highest BCUT2D eigenvalue weighted by Crippen LogP contribution is 2.35. The van der Waals surface area contributed by atoms with Crippen LogP contribution in [0.1, 0.15) is 36.6 Å². The first kappa shape index (κ1) is 14.8. The average Bonchev–Trinajstić information content (AvgIpc) is 2.86. The third-order valence-electron chi connectivity index (χ3n) is 3.70. The Bertz CT molecular complexity index is 650. The maximum Gasteiger partial charge on any atom is 0.360 e. The predicted octanol–water partition coefficient (Wildman–Crippen LogP) is 0.348. The number of nitrogens with zero attached hydrogens (tertiary/aromatic N) is 2. The van der Waals surface area contributed by atoms with Crippen LogP contribution in [0.25, 0.3) is 0 Å². The second kappa shape index (κ2) is 4.76. The third kappa shape index (κ3) is 2.28. The van der Waals surface area contributed by atoms with E-state index in [0.717, 1.165) is 0 Å². The fourth-order valence-corrected chi connectivity index (χ4v) is 4.85. The lowest BCUT2D eigenvalue weighted by Gasteiger charge is -2.27. The van der Waals surface area contributed by atoms with Gasteiger partial charge in [0.1, 0.15) is 11.6 Å². The van der Waals surface area contributed by atoms with Crippen molar-refractivity contribution < 1.29 is 17.9 Å². The summed E-state index contributed by atoms with van der Waals surface area (Å²) in [6.45, 7) is 3.71. The normalized spacial score (nSPS) is 24.8. The number of ether oxygens (including phenoxy) is 1.